The minimum atomic E-state index is -4.28. The molecule has 3 rings (SSSR count). The number of nitrogens with zero attached hydrogens (tertiary/aromatic N) is 1. The van der Waals surface area contributed by atoms with Crippen LogP contribution in [0.1, 0.15) is 43.0 Å². The molecule has 3 nitrogen and oxygen atoms in total. The highest BCUT2D eigenvalue weighted by Crippen LogP contribution is 2.41. The van der Waals surface area contributed by atoms with Gasteiger partial charge in [0.2, 0.25) is 5.91 Å². The van der Waals surface area contributed by atoms with E-state index < -0.39 is 23.9 Å². The molecule has 7 heteroatoms. The first-order chi connectivity index (χ1) is 11.9. The van der Waals surface area contributed by atoms with Crippen LogP contribution in [0.4, 0.5) is 13.2 Å². The summed E-state index contributed by atoms with van der Waals surface area (Å²) in [7, 11) is 0. The molecule has 1 aliphatic heterocycles. The molecule has 2 heterocycles. The van der Waals surface area contributed by atoms with Crippen molar-refractivity contribution in [3.05, 3.63) is 21.9 Å². The molecular weight excluding hydrogens is 349 g/mol. The lowest BCUT2D eigenvalue weighted by Gasteiger charge is -2.34. The lowest BCUT2D eigenvalue weighted by atomic mass is 9.78. The lowest BCUT2D eigenvalue weighted by molar-refractivity contribution is -0.198. The molecule has 0 saturated heterocycles. The quantitative estimate of drug-likeness (QED) is 0.865. The third-order valence-corrected chi connectivity index (χ3v) is 6.58. The van der Waals surface area contributed by atoms with Crippen LogP contribution < -0.4 is 5.32 Å². The van der Waals surface area contributed by atoms with Crippen molar-refractivity contribution in [2.75, 3.05) is 13.1 Å². The van der Waals surface area contributed by atoms with Crippen LogP contribution in [0.25, 0.3) is 0 Å². The van der Waals surface area contributed by atoms with Gasteiger partial charge in [0, 0.05) is 36.5 Å². The number of carbonyl (C=O) groups is 1. The van der Waals surface area contributed by atoms with Gasteiger partial charge in [-0.15, -0.1) is 11.3 Å². The molecule has 0 aromatic carbocycles. The molecule has 0 radical (unpaired) electrons. The highest BCUT2D eigenvalue weighted by atomic mass is 32.1. The van der Waals surface area contributed by atoms with Crippen LogP contribution >= 0.6 is 11.3 Å². The maximum Gasteiger partial charge on any atom is 0.392 e. The lowest BCUT2D eigenvalue weighted by Crippen LogP contribution is -2.48. The first-order valence-corrected chi connectivity index (χ1v) is 9.88. The Morgan fingerprint density at radius 2 is 2.16 bits per heavy atom. The molecule has 25 heavy (non-hydrogen) atoms. The van der Waals surface area contributed by atoms with E-state index in [1.54, 1.807) is 11.3 Å². The second kappa shape index (κ2) is 7.66. The van der Waals surface area contributed by atoms with Crippen molar-refractivity contribution in [3.63, 3.8) is 0 Å². The van der Waals surface area contributed by atoms with Gasteiger partial charge in [-0.3, -0.25) is 9.69 Å². The monoisotopic (exact) mass is 374 g/mol. The van der Waals surface area contributed by atoms with Crippen LogP contribution in [0.15, 0.2) is 11.4 Å². The molecular formula is C18H25F3N2OS. The van der Waals surface area contributed by atoms with Crippen LogP contribution in [0.5, 0.6) is 0 Å². The van der Waals surface area contributed by atoms with E-state index in [9.17, 15) is 18.0 Å². The summed E-state index contributed by atoms with van der Waals surface area (Å²) >= 11 is 1.78. The smallest absolute Gasteiger partial charge is 0.354 e. The number of carbonyl (C=O) groups excluding carboxylic acids is 1. The Balaban J connectivity index is 1.53. The second-order valence-electron chi connectivity index (χ2n) is 7.22. The number of alkyl halides is 3. The molecule has 0 spiro atoms. The number of nitrogens with one attached hydrogen (secondary N) is 1. The molecule has 1 N–H and O–H groups in total. The van der Waals surface area contributed by atoms with Gasteiger partial charge >= 0.3 is 6.18 Å². The van der Waals surface area contributed by atoms with Gasteiger partial charge in [0.05, 0.1) is 5.92 Å². The van der Waals surface area contributed by atoms with E-state index in [2.05, 4.69) is 21.7 Å². The summed E-state index contributed by atoms with van der Waals surface area (Å²) in [4.78, 5) is 16.1. The Kier molecular flexibility index (Phi) is 5.73. The fourth-order valence-electron chi connectivity index (χ4n) is 3.99. The Labute approximate surface area is 150 Å². The Morgan fingerprint density at radius 3 is 2.92 bits per heavy atom. The summed E-state index contributed by atoms with van der Waals surface area (Å²) in [6, 6.07) is 2.25. The molecule has 0 unspecified atom stereocenters. The summed E-state index contributed by atoms with van der Waals surface area (Å²) < 4.78 is 39.5. The van der Waals surface area contributed by atoms with Crippen molar-refractivity contribution in [1.29, 1.82) is 0 Å². The largest absolute Gasteiger partial charge is 0.392 e. The third-order valence-electron chi connectivity index (χ3n) is 5.56. The summed E-state index contributed by atoms with van der Waals surface area (Å²) in [6.45, 7) is 4.21. The Morgan fingerprint density at radius 1 is 1.40 bits per heavy atom. The predicted octanol–water partition coefficient (Wildman–Crippen LogP) is 3.98. The number of halogens is 3. The number of fused-ring (bicyclic) bond motifs is 1. The average molecular weight is 374 g/mol. The normalized spacial score (nSPS) is 26.1. The summed E-state index contributed by atoms with van der Waals surface area (Å²) in [6.07, 6.45) is -1.61. The van der Waals surface area contributed by atoms with Crippen molar-refractivity contribution < 1.29 is 18.0 Å². The minimum Gasteiger partial charge on any atom is -0.354 e. The maximum atomic E-state index is 13.2. The summed E-state index contributed by atoms with van der Waals surface area (Å²) in [5.74, 6) is -2.84. The molecule has 3 atom stereocenters. The van der Waals surface area contributed by atoms with E-state index in [1.165, 1.54) is 10.4 Å². The van der Waals surface area contributed by atoms with Gasteiger partial charge in [-0.1, -0.05) is 12.8 Å². The van der Waals surface area contributed by atoms with Crippen LogP contribution in [0.2, 0.25) is 0 Å². The number of rotatable bonds is 4. The van der Waals surface area contributed by atoms with Gasteiger partial charge in [-0.05, 0) is 43.2 Å². The van der Waals surface area contributed by atoms with Crippen LogP contribution in [-0.4, -0.2) is 36.1 Å². The van der Waals surface area contributed by atoms with E-state index in [-0.39, 0.29) is 12.5 Å². The molecule has 2 aliphatic rings. The summed E-state index contributed by atoms with van der Waals surface area (Å²) in [5, 5.41) is 4.89. The highest BCUT2D eigenvalue weighted by molar-refractivity contribution is 7.10. The molecule has 1 aromatic rings. The van der Waals surface area contributed by atoms with Crippen LogP contribution in [0.3, 0.4) is 0 Å². The minimum absolute atomic E-state index is 0.0736. The zero-order valence-electron chi connectivity index (χ0n) is 14.4. The molecule has 1 aromatic heterocycles. The van der Waals surface area contributed by atoms with Gasteiger partial charge in [0.15, 0.2) is 0 Å². The highest BCUT2D eigenvalue weighted by Gasteiger charge is 2.48. The molecule has 1 saturated carbocycles. The van der Waals surface area contributed by atoms with Gasteiger partial charge < -0.3 is 5.32 Å². The first kappa shape index (κ1) is 18.7. The van der Waals surface area contributed by atoms with E-state index in [1.807, 2.05) is 6.92 Å². The van der Waals surface area contributed by atoms with E-state index in [4.69, 9.17) is 0 Å². The third kappa shape index (κ3) is 4.37. The Hall–Kier alpha value is -1.08. The van der Waals surface area contributed by atoms with Crippen molar-refractivity contribution in [2.45, 2.75) is 57.8 Å². The molecule has 1 fully saturated rings. The van der Waals surface area contributed by atoms with Gasteiger partial charge in [-0.25, -0.2) is 0 Å². The SMILES string of the molecule is C[C@H](CNC(=O)[C@H]1CCCC[C@@H]1C(F)(F)F)N1CCc2sccc2C1. The fourth-order valence-corrected chi connectivity index (χ4v) is 4.88. The van der Waals surface area contributed by atoms with Gasteiger partial charge in [-0.2, -0.15) is 13.2 Å². The molecule has 0 bridgehead atoms. The summed E-state index contributed by atoms with van der Waals surface area (Å²) in [5.41, 5.74) is 1.33. The fraction of sp³-hybridized carbons (Fsp3) is 0.722. The zero-order chi connectivity index (χ0) is 18.0. The number of hydrogen-bond donors (Lipinski definition) is 1. The van der Waals surface area contributed by atoms with Crippen molar-refractivity contribution >= 4 is 17.2 Å². The maximum absolute atomic E-state index is 13.2. The first-order valence-electron chi connectivity index (χ1n) is 9.00. The Bertz CT molecular complexity index is 601. The number of hydrogen-bond acceptors (Lipinski definition) is 3. The van der Waals surface area contributed by atoms with E-state index >= 15 is 0 Å². The molecule has 1 amide bonds. The second-order valence-corrected chi connectivity index (χ2v) is 8.22. The van der Waals surface area contributed by atoms with Crippen molar-refractivity contribution in [2.24, 2.45) is 11.8 Å². The van der Waals surface area contributed by atoms with Crippen molar-refractivity contribution in [3.8, 4) is 0 Å². The van der Waals surface area contributed by atoms with Gasteiger partial charge in [0.1, 0.15) is 0 Å². The van der Waals surface area contributed by atoms with Crippen molar-refractivity contribution in [1.82, 2.24) is 10.2 Å². The average Bonchev–Trinajstić information content (AvgIpc) is 3.06. The van der Waals surface area contributed by atoms with E-state index in [0.717, 1.165) is 19.5 Å². The predicted molar refractivity (Wildman–Crippen MR) is 92.4 cm³/mol. The van der Waals surface area contributed by atoms with Gasteiger partial charge in [0.25, 0.3) is 0 Å². The standard InChI is InChI=1S/C18H25F3N2OS/c1-12(23-8-6-16-13(11-23)7-9-25-16)10-22-17(24)14-4-2-3-5-15(14)18(19,20)21/h7,9,12,14-15H,2-6,8,10-11H2,1H3,(H,22,24)/t12-,14+,15+/m1/s1. The van der Waals surface area contributed by atoms with Crippen LogP contribution in [-0.2, 0) is 17.8 Å². The van der Waals surface area contributed by atoms with Crippen LogP contribution in [0, 0.1) is 11.8 Å². The zero-order valence-corrected chi connectivity index (χ0v) is 15.3. The number of thiophene rings is 1. The number of amides is 1. The molecule has 140 valence electrons. The topological polar surface area (TPSA) is 32.3 Å². The molecule has 1 aliphatic carbocycles. The van der Waals surface area contributed by atoms with E-state index in [0.29, 0.717) is 25.8 Å².